The lowest BCUT2D eigenvalue weighted by molar-refractivity contribution is -0.122. The van der Waals surface area contributed by atoms with Gasteiger partial charge in [0.05, 0.1) is 0 Å². The van der Waals surface area contributed by atoms with Gasteiger partial charge in [0.25, 0.3) is 0 Å². The molecular formula is C13H17N3O4. The van der Waals surface area contributed by atoms with E-state index in [1.165, 1.54) is 13.0 Å². The highest BCUT2D eigenvalue weighted by molar-refractivity contribution is 5.96. The highest BCUT2D eigenvalue weighted by Crippen LogP contribution is 2.17. The Labute approximate surface area is 116 Å². The van der Waals surface area contributed by atoms with E-state index >= 15 is 0 Å². The van der Waals surface area contributed by atoms with Gasteiger partial charge in [-0.05, 0) is 12.8 Å². The second kappa shape index (κ2) is 5.85. The molecule has 20 heavy (non-hydrogen) atoms. The lowest BCUT2D eigenvalue weighted by Gasteiger charge is -2.12. The monoisotopic (exact) mass is 279 g/mol. The zero-order valence-electron chi connectivity index (χ0n) is 11.3. The molecule has 1 aliphatic carbocycles. The van der Waals surface area contributed by atoms with Gasteiger partial charge < -0.3 is 10.4 Å². The molecule has 2 N–H and O–H groups in total. The second-order valence-corrected chi connectivity index (χ2v) is 4.98. The number of nitrogens with one attached hydrogen (secondary N) is 1. The SMILES string of the molecule is CC(=O)c1cc(C(=O)O)nn1CC(=O)NC1CCCC1. The molecule has 108 valence electrons. The summed E-state index contributed by atoms with van der Waals surface area (Å²) >= 11 is 0. The molecule has 1 amide bonds. The molecule has 1 saturated carbocycles. The Morgan fingerprint density at radius 2 is 2.05 bits per heavy atom. The van der Waals surface area contributed by atoms with Crippen molar-refractivity contribution in [2.75, 3.05) is 0 Å². The van der Waals surface area contributed by atoms with Crippen molar-refractivity contribution in [3.8, 4) is 0 Å². The molecule has 0 aromatic carbocycles. The molecule has 0 unspecified atom stereocenters. The summed E-state index contributed by atoms with van der Waals surface area (Å²) in [4.78, 5) is 34.2. The van der Waals surface area contributed by atoms with Gasteiger partial charge in [-0.25, -0.2) is 4.79 Å². The molecule has 0 atom stereocenters. The van der Waals surface area contributed by atoms with Crippen LogP contribution < -0.4 is 5.32 Å². The summed E-state index contributed by atoms with van der Waals surface area (Å²) in [5, 5.41) is 15.5. The fourth-order valence-electron chi connectivity index (χ4n) is 2.40. The number of hydrogen-bond donors (Lipinski definition) is 2. The molecular weight excluding hydrogens is 262 g/mol. The minimum Gasteiger partial charge on any atom is -0.476 e. The summed E-state index contributed by atoms with van der Waals surface area (Å²) in [6, 6.07) is 1.37. The van der Waals surface area contributed by atoms with E-state index in [-0.39, 0.29) is 35.7 Å². The normalized spacial score (nSPS) is 15.2. The lowest BCUT2D eigenvalue weighted by Crippen LogP contribution is -2.35. The third-order valence-electron chi connectivity index (χ3n) is 3.37. The largest absolute Gasteiger partial charge is 0.476 e. The molecule has 1 aromatic heterocycles. The van der Waals surface area contributed by atoms with Crippen molar-refractivity contribution in [1.82, 2.24) is 15.1 Å². The van der Waals surface area contributed by atoms with Gasteiger partial charge in [-0.15, -0.1) is 0 Å². The van der Waals surface area contributed by atoms with E-state index in [2.05, 4.69) is 10.4 Å². The van der Waals surface area contributed by atoms with E-state index in [9.17, 15) is 14.4 Å². The minimum atomic E-state index is -1.22. The van der Waals surface area contributed by atoms with Crippen LogP contribution in [0.15, 0.2) is 6.07 Å². The summed E-state index contributed by atoms with van der Waals surface area (Å²) < 4.78 is 1.15. The van der Waals surface area contributed by atoms with Crippen LogP contribution in [-0.4, -0.2) is 38.6 Å². The Morgan fingerprint density at radius 1 is 1.40 bits per heavy atom. The fourth-order valence-corrected chi connectivity index (χ4v) is 2.40. The van der Waals surface area contributed by atoms with Gasteiger partial charge in [-0.2, -0.15) is 5.10 Å². The maximum absolute atomic E-state index is 11.9. The number of rotatable bonds is 5. The van der Waals surface area contributed by atoms with Crippen molar-refractivity contribution < 1.29 is 19.5 Å². The molecule has 1 heterocycles. The standard InChI is InChI=1S/C13H17N3O4/c1-8(17)11-6-10(13(19)20)15-16(11)7-12(18)14-9-4-2-3-5-9/h6,9H,2-5,7H2,1H3,(H,14,18)(H,19,20). The number of carboxylic acid groups (broad SMARTS) is 1. The third kappa shape index (κ3) is 3.23. The Morgan fingerprint density at radius 3 is 2.60 bits per heavy atom. The van der Waals surface area contributed by atoms with Gasteiger partial charge in [-0.3, -0.25) is 14.3 Å². The van der Waals surface area contributed by atoms with Gasteiger partial charge in [0.1, 0.15) is 12.2 Å². The highest BCUT2D eigenvalue weighted by Gasteiger charge is 2.20. The average Bonchev–Trinajstić information content (AvgIpc) is 2.98. The second-order valence-electron chi connectivity index (χ2n) is 4.98. The molecule has 0 saturated heterocycles. The van der Waals surface area contributed by atoms with Gasteiger partial charge >= 0.3 is 5.97 Å². The van der Waals surface area contributed by atoms with E-state index in [0.29, 0.717) is 0 Å². The number of nitrogens with zero attached hydrogens (tertiary/aromatic N) is 2. The van der Waals surface area contributed by atoms with Crippen LogP contribution in [0.5, 0.6) is 0 Å². The highest BCUT2D eigenvalue weighted by atomic mass is 16.4. The molecule has 0 spiro atoms. The molecule has 7 heteroatoms. The number of hydrogen-bond acceptors (Lipinski definition) is 4. The van der Waals surface area contributed by atoms with Crippen molar-refractivity contribution in [2.45, 2.75) is 45.2 Å². The third-order valence-corrected chi connectivity index (χ3v) is 3.37. The van der Waals surface area contributed by atoms with Crippen LogP contribution in [0, 0.1) is 0 Å². The summed E-state index contributed by atoms with van der Waals surface area (Å²) in [7, 11) is 0. The van der Waals surface area contributed by atoms with Crippen LogP contribution in [0.4, 0.5) is 0 Å². The quantitative estimate of drug-likeness (QED) is 0.778. The Hall–Kier alpha value is -2.18. The predicted molar refractivity (Wildman–Crippen MR) is 69.6 cm³/mol. The Kier molecular flexibility index (Phi) is 4.16. The van der Waals surface area contributed by atoms with Gasteiger partial charge in [-0.1, -0.05) is 12.8 Å². The maximum Gasteiger partial charge on any atom is 0.356 e. The molecule has 7 nitrogen and oxygen atoms in total. The van der Waals surface area contributed by atoms with Gasteiger partial charge in [0, 0.05) is 19.0 Å². The first-order valence-electron chi connectivity index (χ1n) is 6.59. The molecule has 1 aromatic rings. The predicted octanol–water partition coefficient (Wildman–Crippen LogP) is 0.843. The van der Waals surface area contributed by atoms with E-state index in [4.69, 9.17) is 5.11 Å². The van der Waals surface area contributed by atoms with Crippen molar-refractivity contribution in [3.63, 3.8) is 0 Å². The van der Waals surface area contributed by atoms with Crippen molar-refractivity contribution in [2.24, 2.45) is 0 Å². The number of aromatic nitrogens is 2. The topological polar surface area (TPSA) is 101 Å². The first kappa shape index (κ1) is 14.2. The van der Waals surface area contributed by atoms with E-state index in [1.54, 1.807) is 0 Å². The summed E-state index contributed by atoms with van der Waals surface area (Å²) in [6.45, 7) is 1.17. The summed E-state index contributed by atoms with van der Waals surface area (Å²) in [6.07, 6.45) is 4.14. The average molecular weight is 279 g/mol. The number of Topliss-reactive ketones (excluding diaryl/α,β-unsaturated/α-hetero) is 1. The zero-order chi connectivity index (χ0) is 14.7. The van der Waals surface area contributed by atoms with Crippen LogP contribution >= 0.6 is 0 Å². The molecule has 1 fully saturated rings. The maximum atomic E-state index is 11.9. The molecule has 0 radical (unpaired) electrons. The van der Waals surface area contributed by atoms with E-state index in [0.717, 1.165) is 30.4 Å². The van der Waals surface area contributed by atoms with Crippen molar-refractivity contribution in [1.29, 1.82) is 0 Å². The lowest BCUT2D eigenvalue weighted by atomic mass is 10.2. The molecule has 1 aliphatic rings. The number of aromatic carboxylic acids is 1. The van der Waals surface area contributed by atoms with Crippen LogP contribution in [0.2, 0.25) is 0 Å². The van der Waals surface area contributed by atoms with E-state index in [1.807, 2.05) is 0 Å². The smallest absolute Gasteiger partial charge is 0.356 e. The number of amides is 1. The van der Waals surface area contributed by atoms with Gasteiger partial charge in [0.15, 0.2) is 11.5 Å². The number of ketones is 1. The van der Waals surface area contributed by atoms with Crippen molar-refractivity contribution in [3.05, 3.63) is 17.5 Å². The zero-order valence-corrected chi connectivity index (χ0v) is 11.3. The van der Waals surface area contributed by atoms with Crippen LogP contribution in [0.1, 0.15) is 53.6 Å². The van der Waals surface area contributed by atoms with Crippen LogP contribution in [-0.2, 0) is 11.3 Å². The fraction of sp³-hybridized carbons (Fsp3) is 0.538. The Balaban J connectivity index is 2.08. The first-order valence-corrected chi connectivity index (χ1v) is 6.59. The van der Waals surface area contributed by atoms with Crippen LogP contribution in [0.25, 0.3) is 0 Å². The number of carbonyl (C=O) groups is 3. The van der Waals surface area contributed by atoms with Crippen molar-refractivity contribution >= 4 is 17.7 Å². The Bertz CT molecular complexity index is 544. The number of carboxylic acids is 1. The molecule has 2 rings (SSSR count). The minimum absolute atomic E-state index is 0.129. The summed E-state index contributed by atoms with van der Waals surface area (Å²) in [5.41, 5.74) is -0.104. The molecule has 0 bridgehead atoms. The molecule has 0 aliphatic heterocycles. The first-order chi connectivity index (χ1) is 9.47. The van der Waals surface area contributed by atoms with Crippen LogP contribution in [0.3, 0.4) is 0 Å². The summed E-state index contributed by atoms with van der Waals surface area (Å²) in [5.74, 6) is -1.79. The van der Waals surface area contributed by atoms with Gasteiger partial charge in [0.2, 0.25) is 5.91 Å². The van der Waals surface area contributed by atoms with E-state index < -0.39 is 5.97 Å². The number of carbonyl (C=O) groups excluding carboxylic acids is 2.